The van der Waals surface area contributed by atoms with Gasteiger partial charge in [-0.25, -0.2) is 13.2 Å². The summed E-state index contributed by atoms with van der Waals surface area (Å²) in [6.07, 6.45) is 1.88. The van der Waals surface area contributed by atoms with Gasteiger partial charge < -0.3 is 15.0 Å². The number of likely N-dealkylation sites (N-methyl/N-ethyl adjacent to an activating group) is 1. The summed E-state index contributed by atoms with van der Waals surface area (Å²) in [5.74, 6) is -1.69. The van der Waals surface area contributed by atoms with Gasteiger partial charge >= 0.3 is 5.97 Å². The van der Waals surface area contributed by atoms with Crippen LogP contribution in [0.3, 0.4) is 0 Å². The van der Waals surface area contributed by atoms with E-state index in [0.29, 0.717) is 11.1 Å². The van der Waals surface area contributed by atoms with Crippen molar-refractivity contribution in [3.05, 3.63) is 58.7 Å². The molecule has 1 saturated carbocycles. The summed E-state index contributed by atoms with van der Waals surface area (Å²) in [6.45, 7) is 4.58. The number of rotatable bonds is 9. The summed E-state index contributed by atoms with van der Waals surface area (Å²) in [7, 11) is -2.55. The van der Waals surface area contributed by atoms with E-state index in [1.807, 2.05) is 6.92 Å². The number of benzene rings is 2. The summed E-state index contributed by atoms with van der Waals surface area (Å²) in [5.41, 5.74) is 2.12. The number of aryl methyl sites for hydroxylation is 3. The first-order valence-corrected chi connectivity index (χ1v) is 12.4. The second-order valence-corrected chi connectivity index (χ2v) is 10.2. The van der Waals surface area contributed by atoms with Crippen LogP contribution in [0, 0.1) is 20.8 Å². The van der Waals surface area contributed by atoms with Crippen LogP contribution in [0.5, 0.6) is 0 Å². The van der Waals surface area contributed by atoms with Crippen molar-refractivity contribution in [2.24, 2.45) is 0 Å². The van der Waals surface area contributed by atoms with Crippen LogP contribution >= 0.6 is 0 Å². The molecule has 3 rings (SSSR count). The average molecular weight is 488 g/mol. The Morgan fingerprint density at radius 2 is 1.68 bits per heavy atom. The molecule has 0 saturated heterocycles. The highest BCUT2D eigenvalue weighted by Gasteiger charge is 2.26. The van der Waals surface area contributed by atoms with Crippen molar-refractivity contribution in [3.63, 3.8) is 0 Å². The molecule has 1 aliphatic carbocycles. The van der Waals surface area contributed by atoms with Crippen LogP contribution in [0.4, 0.5) is 5.69 Å². The van der Waals surface area contributed by atoms with Gasteiger partial charge in [-0.05, 0) is 56.9 Å². The van der Waals surface area contributed by atoms with E-state index in [9.17, 15) is 22.8 Å². The Morgan fingerprint density at radius 3 is 2.29 bits per heavy atom. The smallest absolute Gasteiger partial charge is 0.340 e. The van der Waals surface area contributed by atoms with Gasteiger partial charge in [0.05, 0.1) is 22.7 Å². The third-order valence-corrected chi connectivity index (χ3v) is 7.01. The first-order chi connectivity index (χ1) is 16.0. The topological polar surface area (TPSA) is 122 Å². The van der Waals surface area contributed by atoms with E-state index < -0.39 is 28.5 Å². The van der Waals surface area contributed by atoms with Gasteiger partial charge in [-0.3, -0.25) is 14.3 Å². The predicted octanol–water partition coefficient (Wildman–Crippen LogP) is 2.31. The van der Waals surface area contributed by atoms with Crippen LogP contribution in [0.15, 0.2) is 41.3 Å². The van der Waals surface area contributed by atoms with Gasteiger partial charge in [-0.2, -0.15) is 0 Å². The molecule has 182 valence electrons. The maximum Gasteiger partial charge on any atom is 0.340 e. The van der Waals surface area contributed by atoms with E-state index in [0.717, 1.165) is 18.4 Å². The Morgan fingerprint density at radius 1 is 1.06 bits per heavy atom. The predicted molar refractivity (Wildman–Crippen MR) is 127 cm³/mol. The number of para-hydroxylation sites is 1. The third kappa shape index (κ3) is 6.34. The molecule has 0 heterocycles. The number of amides is 2. The van der Waals surface area contributed by atoms with Crippen molar-refractivity contribution >= 4 is 33.5 Å². The molecule has 2 aromatic rings. The molecule has 2 amide bonds. The van der Waals surface area contributed by atoms with Crippen molar-refractivity contribution in [1.82, 2.24) is 10.2 Å². The van der Waals surface area contributed by atoms with E-state index in [-0.39, 0.29) is 34.6 Å². The fourth-order valence-electron chi connectivity index (χ4n) is 3.66. The highest BCUT2D eigenvalue weighted by atomic mass is 32.2. The Hall–Kier alpha value is -3.40. The number of hydrogen-bond acceptors (Lipinski definition) is 6. The molecule has 1 aliphatic rings. The van der Waals surface area contributed by atoms with Crippen LogP contribution in [-0.4, -0.2) is 57.3 Å². The maximum absolute atomic E-state index is 13.1. The number of ether oxygens (including phenoxy) is 1. The first-order valence-electron chi connectivity index (χ1n) is 10.9. The van der Waals surface area contributed by atoms with Crippen molar-refractivity contribution in [3.8, 4) is 0 Å². The van der Waals surface area contributed by atoms with Crippen LogP contribution in [0.1, 0.15) is 39.9 Å². The number of nitrogens with one attached hydrogen (secondary N) is 2. The molecule has 0 bridgehead atoms. The molecule has 9 nitrogen and oxygen atoms in total. The summed E-state index contributed by atoms with van der Waals surface area (Å²) in [6, 6.07) is 9.73. The number of hydrogen-bond donors (Lipinski definition) is 2. The SMILES string of the molecule is Cc1cc(C)c(S(=O)(=O)Nc2ccccc2C(=O)OCC(=O)N(C)CC(=O)NC2CC2)c(C)c1. The summed E-state index contributed by atoms with van der Waals surface area (Å²) < 4.78 is 33.8. The minimum atomic E-state index is -3.99. The lowest BCUT2D eigenvalue weighted by Crippen LogP contribution is -2.40. The monoisotopic (exact) mass is 487 g/mol. The van der Waals surface area contributed by atoms with Crippen molar-refractivity contribution < 1.29 is 27.5 Å². The fourth-order valence-corrected chi connectivity index (χ4v) is 5.19. The molecule has 34 heavy (non-hydrogen) atoms. The minimum absolute atomic E-state index is 0.0320. The molecule has 2 aromatic carbocycles. The van der Waals surface area contributed by atoms with Crippen LogP contribution in [0.2, 0.25) is 0 Å². The Bertz CT molecular complexity index is 1200. The number of carbonyl (C=O) groups excluding carboxylic acids is 3. The summed E-state index contributed by atoms with van der Waals surface area (Å²) >= 11 is 0. The summed E-state index contributed by atoms with van der Waals surface area (Å²) in [5, 5.41) is 2.78. The molecule has 10 heteroatoms. The Balaban J connectivity index is 1.68. The Labute approximate surface area is 199 Å². The molecular formula is C24H29N3O6S. The lowest BCUT2D eigenvalue weighted by Gasteiger charge is -2.17. The number of nitrogens with zero attached hydrogens (tertiary/aromatic N) is 1. The van der Waals surface area contributed by atoms with Gasteiger partial charge in [0, 0.05) is 13.1 Å². The lowest BCUT2D eigenvalue weighted by molar-refractivity contribution is -0.137. The normalized spacial score (nSPS) is 13.2. The van der Waals surface area contributed by atoms with E-state index in [4.69, 9.17) is 4.74 Å². The molecular weight excluding hydrogens is 458 g/mol. The molecule has 0 aromatic heterocycles. The highest BCUT2D eigenvalue weighted by molar-refractivity contribution is 7.92. The number of carbonyl (C=O) groups is 3. The second-order valence-electron chi connectivity index (χ2n) is 8.55. The van der Waals surface area contributed by atoms with Gasteiger partial charge in [0.1, 0.15) is 0 Å². The number of sulfonamides is 1. The number of anilines is 1. The van der Waals surface area contributed by atoms with Gasteiger partial charge in [0.2, 0.25) is 5.91 Å². The van der Waals surface area contributed by atoms with Crippen molar-refractivity contribution in [2.75, 3.05) is 24.9 Å². The Kier molecular flexibility index (Phi) is 7.61. The quantitative estimate of drug-likeness (QED) is 0.524. The van der Waals surface area contributed by atoms with E-state index in [2.05, 4.69) is 10.0 Å². The van der Waals surface area contributed by atoms with Gasteiger partial charge in [-0.15, -0.1) is 0 Å². The van der Waals surface area contributed by atoms with E-state index in [1.165, 1.54) is 24.1 Å². The van der Waals surface area contributed by atoms with Gasteiger partial charge in [0.25, 0.3) is 15.9 Å². The number of esters is 1. The fraction of sp³-hybridized carbons (Fsp3) is 0.375. The molecule has 0 unspecified atom stereocenters. The average Bonchev–Trinajstić information content (AvgIpc) is 3.54. The zero-order valence-corrected chi connectivity index (χ0v) is 20.5. The zero-order valence-electron chi connectivity index (χ0n) is 19.7. The lowest BCUT2D eigenvalue weighted by atomic mass is 10.1. The molecule has 1 fully saturated rings. The summed E-state index contributed by atoms with van der Waals surface area (Å²) in [4.78, 5) is 38.1. The largest absolute Gasteiger partial charge is 0.452 e. The first kappa shape index (κ1) is 25.2. The van der Waals surface area contributed by atoms with Crippen LogP contribution < -0.4 is 10.0 Å². The molecule has 0 atom stereocenters. The second kappa shape index (κ2) is 10.3. The third-order valence-electron chi connectivity index (χ3n) is 5.34. The van der Waals surface area contributed by atoms with E-state index in [1.54, 1.807) is 38.1 Å². The minimum Gasteiger partial charge on any atom is -0.452 e. The molecule has 2 N–H and O–H groups in total. The van der Waals surface area contributed by atoms with Crippen LogP contribution in [-0.2, 0) is 24.3 Å². The molecule has 0 spiro atoms. The molecule has 0 aliphatic heterocycles. The molecule has 0 radical (unpaired) electrons. The van der Waals surface area contributed by atoms with E-state index >= 15 is 0 Å². The van der Waals surface area contributed by atoms with Gasteiger partial charge in [0.15, 0.2) is 6.61 Å². The zero-order chi connectivity index (χ0) is 25.0. The van der Waals surface area contributed by atoms with Crippen molar-refractivity contribution in [1.29, 1.82) is 0 Å². The maximum atomic E-state index is 13.1. The van der Waals surface area contributed by atoms with Crippen LogP contribution in [0.25, 0.3) is 0 Å². The van der Waals surface area contributed by atoms with Crippen molar-refractivity contribution in [2.45, 2.75) is 44.6 Å². The highest BCUT2D eigenvalue weighted by Crippen LogP contribution is 2.26. The standard InChI is InChI=1S/C24H29N3O6S/c1-15-11-16(2)23(17(3)12-15)34(31,32)26-20-8-6-5-7-19(20)24(30)33-14-22(29)27(4)13-21(28)25-18-9-10-18/h5-8,11-12,18,26H,9-10,13-14H2,1-4H3,(H,25,28). The van der Waals surface area contributed by atoms with Gasteiger partial charge in [-0.1, -0.05) is 29.8 Å².